The molecule has 1 spiro atoms. The minimum Gasteiger partial charge on any atom is -0.396 e. The molecular formula is C27H41N3O4S. The third-order valence-electron chi connectivity index (χ3n) is 8.34. The first kappa shape index (κ1) is 26.3. The zero-order valence-corrected chi connectivity index (χ0v) is 22.4. The third-order valence-corrected chi connectivity index (χ3v) is 10.1. The van der Waals surface area contributed by atoms with Gasteiger partial charge in [-0.1, -0.05) is 50.5 Å². The van der Waals surface area contributed by atoms with Crippen LogP contribution in [-0.2, 0) is 14.4 Å². The second-order valence-electron chi connectivity index (χ2n) is 10.8. The smallest absolute Gasteiger partial charge is 0.247 e. The number of unbranched alkanes of at least 4 members (excludes halogenated alkanes) is 3. The van der Waals surface area contributed by atoms with E-state index in [0.717, 1.165) is 38.5 Å². The van der Waals surface area contributed by atoms with Crippen LogP contribution in [0.2, 0.25) is 0 Å². The van der Waals surface area contributed by atoms with Crippen LogP contribution in [0.1, 0.15) is 59.3 Å². The molecule has 4 rings (SSSR count). The maximum absolute atomic E-state index is 14.2. The van der Waals surface area contributed by atoms with E-state index in [2.05, 4.69) is 39.0 Å². The van der Waals surface area contributed by atoms with Crippen molar-refractivity contribution in [3.8, 4) is 0 Å². The number of thioether (sulfide) groups is 1. The van der Waals surface area contributed by atoms with Gasteiger partial charge in [0.25, 0.3) is 0 Å². The molecule has 0 aliphatic carbocycles. The lowest BCUT2D eigenvalue weighted by Crippen LogP contribution is -2.55. The quantitative estimate of drug-likeness (QED) is 0.387. The van der Waals surface area contributed by atoms with Crippen LogP contribution in [0, 0.1) is 11.8 Å². The van der Waals surface area contributed by atoms with Gasteiger partial charge in [-0.15, -0.1) is 11.8 Å². The Labute approximate surface area is 214 Å². The van der Waals surface area contributed by atoms with Crippen LogP contribution < -0.4 is 0 Å². The second kappa shape index (κ2) is 10.3. The SMILES string of the molecule is CCCC(C)N1CC=C[C@]23S[C@@]4(C)C=CCN(C)C(=O)[C@H]4[C@H]2C(=O)N(CCCCCCO)C3C1=O. The summed E-state index contributed by atoms with van der Waals surface area (Å²) in [5, 5.41) is 9.11. The van der Waals surface area contributed by atoms with E-state index in [1.54, 1.807) is 23.7 Å². The summed E-state index contributed by atoms with van der Waals surface area (Å²) in [5.41, 5.74) is 0. The van der Waals surface area contributed by atoms with Crippen LogP contribution in [-0.4, -0.2) is 92.4 Å². The van der Waals surface area contributed by atoms with Crippen molar-refractivity contribution in [3.63, 3.8) is 0 Å². The molecule has 4 aliphatic heterocycles. The molecule has 2 unspecified atom stereocenters. The number of likely N-dealkylation sites (N-methyl/N-ethyl adjacent to an activating group) is 1. The van der Waals surface area contributed by atoms with Gasteiger partial charge in [-0.05, 0) is 33.1 Å². The van der Waals surface area contributed by atoms with Gasteiger partial charge >= 0.3 is 0 Å². The molecule has 0 aromatic carbocycles. The molecule has 0 radical (unpaired) electrons. The second-order valence-corrected chi connectivity index (χ2v) is 12.6. The van der Waals surface area contributed by atoms with Crippen LogP contribution in [0.25, 0.3) is 0 Å². The third kappa shape index (κ3) is 4.35. The van der Waals surface area contributed by atoms with Crippen molar-refractivity contribution in [3.05, 3.63) is 24.3 Å². The molecule has 4 aliphatic rings. The first-order chi connectivity index (χ1) is 16.7. The average Bonchev–Trinajstić information content (AvgIpc) is 3.08. The van der Waals surface area contributed by atoms with E-state index in [1.807, 2.05) is 15.9 Å². The van der Waals surface area contributed by atoms with Crippen molar-refractivity contribution in [2.45, 2.75) is 80.9 Å². The Kier molecular flexibility index (Phi) is 7.72. The average molecular weight is 504 g/mol. The van der Waals surface area contributed by atoms with Gasteiger partial charge in [0.1, 0.15) is 6.04 Å². The van der Waals surface area contributed by atoms with Crippen molar-refractivity contribution >= 4 is 29.5 Å². The van der Waals surface area contributed by atoms with Crippen LogP contribution in [0.15, 0.2) is 24.3 Å². The molecule has 2 fully saturated rings. The first-order valence-electron chi connectivity index (χ1n) is 13.2. The first-order valence-corrected chi connectivity index (χ1v) is 14.1. The number of rotatable bonds is 9. The van der Waals surface area contributed by atoms with Crippen LogP contribution in [0.3, 0.4) is 0 Å². The molecule has 4 heterocycles. The number of aliphatic hydroxyl groups is 1. The monoisotopic (exact) mass is 503 g/mol. The minimum atomic E-state index is -0.752. The lowest BCUT2D eigenvalue weighted by atomic mass is 9.74. The number of nitrogens with zero attached hydrogens (tertiary/aromatic N) is 3. The fourth-order valence-electron chi connectivity index (χ4n) is 6.62. The summed E-state index contributed by atoms with van der Waals surface area (Å²) >= 11 is 1.65. The number of carbonyl (C=O) groups is 3. The Morgan fingerprint density at radius 3 is 2.46 bits per heavy atom. The molecule has 0 aromatic heterocycles. The van der Waals surface area contributed by atoms with E-state index in [4.69, 9.17) is 5.11 Å². The molecule has 0 aromatic rings. The lowest BCUT2D eigenvalue weighted by molar-refractivity contribution is -0.145. The molecule has 1 N–H and O–H groups in total. The molecule has 35 heavy (non-hydrogen) atoms. The highest BCUT2D eigenvalue weighted by Gasteiger charge is 2.73. The number of amides is 3. The Balaban J connectivity index is 1.75. The fraction of sp³-hybridized carbons (Fsp3) is 0.741. The largest absolute Gasteiger partial charge is 0.396 e. The Hall–Kier alpha value is -1.80. The molecule has 0 saturated carbocycles. The number of aliphatic hydroxyl groups excluding tert-OH is 1. The highest BCUT2D eigenvalue weighted by molar-refractivity contribution is 8.02. The molecule has 7 nitrogen and oxygen atoms in total. The maximum atomic E-state index is 14.2. The van der Waals surface area contributed by atoms with Gasteiger partial charge < -0.3 is 19.8 Å². The van der Waals surface area contributed by atoms with Gasteiger partial charge in [-0.2, -0.15) is 0 Å². The van der Waals surface area contributed by atoms with E-state index in [9.17, 15) is 14.4 Å². The van der Waals surface area contributed by atoms with E-state index in [0.29, 0.717) is 19.6 Å². The predicted octanol–water partition coefficient (Wildman–Crippen LogP) is 2.84. The van der Waals surface area contributed by atoms with Crippen molar-refractivity contribution in [2.75, 3.05) is 33.3 Å². The summed E-state index contributed by atoms with van der Waals surface area (Å²) in [6.45, 7) is 8.03. The summed E-state index contributed by atoms with van der Waals surface area (Å²) in [5.74, 6) is -1.11. The van der Waals surface area contributed by atoms with Crippen molar-refractivity contribution in [1.82, 2.24) is 14.7 Å². The highest BCUT2D eigenvalue weighted by Crippen LogP contribution is 2.65. The fourth-order valence-corrected chi connectivity index (χ4v) is 8.78. The lowest BCUT2D eigenvalue weighted by Gasteiger charge is -2.38. The topological polar surface area (TPSA) is 81.2 Å². The van der Waals surface area contributed by atoms with Gasteiger partial charge in [-0.3, -0.25) is 14.4 Å². The standard InChI is InChI=1S/C27H41N3O4S/c1-5-12-19(2)29-17-11-14-27-21(20-23(32)28(4)15-10-13-26(20,3)35-27)24(33)30(22(27)25(29)34)16-8-6-7-9-18-31/h10-11,13-14,19-22,31H,5-9,12,15-18H2,1-4H3/t19?,20-,21+,22?,26+,27+/m1/s1. The van der Waals surface area contributed by atoms with Crippen LogP contribution >= 0.6 is 11.8 Å². The summed E-state index contributed by atoms with van der Waals surface area (Å²) in [6.07, 6.45) is 13.5. The van der Waals surface area contributed by atoms with Gasteiger partial charge in [-0.25, -0.2) is 0 Å². The number of fused-ring (bicyclic) bond motifs is 2. The van der Waals surface area contributed by atoms with E-state index < -0.39 is 27.4 Å². The maximum Gasteiger partial charge on any atom is 0.247 e. The van der Waals surface area contributed by atoms with Crippen LogP contribution in [0.4, 0.5) is 0 Å². The summed E-state index contributed by atoms with van der Waals surface area (Å²) in [6, 6.07) is -0.510. The molecule has 194 valence electrons. The molecule has 3 amide bonds. The van der Waals surface area contributed by atoms with Crippen LogP contribution in [0.5, 0.6) is 0 Å². The van der Waals surface area contributed by atoms with Crippen molar-refractivity contribution in [1.29, 1.82) is 0 Å². The van der Waals surface area contributed by atoms with E-state index >= 15 is 0 Å². The molecule has 8 heteroatoms. The minimum absolute atomic E-state index is 0.00919. The number of carbonyl (C=O) groups excluding carboxylic acids is 3. The number of hydrogen-bond acceptors (Lipinski definition) is 5. The highest BCUT2D eigenvalue weighted by atomic mass is 32.2. The molecule has 0 bridgehead atoms. The number of hydrogen-bond donors (Lipinski definition) is 1. The Morgan fingerprint density at radius 2 is 1.74 bits per heavy atom. The summed E-state index contributed by atoms with van der Waals surface area (Å²) < 4.78 is -1.29. The molecule has 2 saturated heterocycles. The van der Waals surface area contributed by atoms with Gasteiger partial charge in [0.2, 0.25) is 17.7 Å². The van der Waals surface area contributed by atoms with Crippen molar-refractivity contribution < 1.29 is 19.5 Å². The Bertz CT molecular complexity index is 907. The van der Waals surface area contributed by atoms with E-state index in [-0.39, 0.29) is 30.4 Å². The Morgan fingerprint density at radius 1 is 1.03 bits per heavy atom. The molecular weight excluding hydrogens is 462 g/mol. The zero-order valence-electron chi connectivity index (χ0n) is 21.6. The van der Waals surface area contributed by atoms with Gasteiger partial charge in [0, 0.05) is 44.1 Å². The normalized spacial score (nSPS) is 35.2. The summed E-state index contributed by atoms with van der Waals surface area (Å²) in [7, 11) is 1.80. The predicted molar refractivity (Wildman–Crippen MR) is 139 cm³/mol. The van der Waals surface area contributed by atoms with Gasteiger partial charge in [0.05, 0.1) is 16.6 Å². The summed E-state index contributed by atoms with van der Waals surface area (Å²) in [4.78, 5) is 47.5. The van der Waals surface area contributed by atoms with Crippen molar-refractivity contribution in [2.24, 2.45) is 11.8 Å². The number of likely N-dealkylation sites (tertiary alicyclic amines) is 1. The van der Waals surface area contributed by atoms with E-state index in [1.165, 1.54) is 0 Å². The molecule has 6 atom stereocenters. The van der Waals surface area contributed by atoms with Gasteiger partial charge in [0.15, 0.2) is 0 Å². The zero-order chi connectivity index (χ0) is 25.4.